The molecule has 1 aliphatic heterocycles. The zero-order valence-corrected chi connectivity index (χ0v) is 11.6. The molecule has 1 aliphatic rings. The van der Waals surface area contributed by atoms with E-state index in [4.69, 9.17) is 0 Å². The van der Waals surface area contributed by atoms with Gasteiger partial charge >= 0.3 is 0 Å². The van der Waals surface area contributed by atoms with Crippen molar-refractivity contribution in [1.82, 2.24) is 10.6 Å². The molecule has 3 nitrogen and oxygen atoms in total. The number of hydrogen-bond acceptors (Lipinski definition) is 2. The molecule has 0 bridgehead atoms. The van der Waals surface area contributed by atoms with Gasteiger partial charge in [0.25, 0.3) is 5.91 Å². The number of carbonyl (C=O) groups excluding carboxylic acids is 1. The van der Waals surface area contributed by atoms with E-state index in [-0.39, 0.29) is 11.7 Å². The smallest absolute Gasteiger partial charge is 0.251 e. The minimum Gasteiger partial charge on any atom is -0.350 e. The second kappa shape index (κ2) is 6.29. The monoisotopic (exact) mass is 314 g/mol. The van der Waals surface area contributed by atoms with Crippen molar-refractivity contribution in [3.8, 4) is 0 Å². The second-order valence-electron chi connectivity index (χ2n) is 4.49. The van der Waals surface area contributed by atoms with Crippen LogP contribution in [0.1, 0.15) is 29.6 Å². The van der Waals surface area contributed by atoms with Crippen LogP contribution in [0.3, 0.4) is 0 Å². The van der Waals surface area contributed by atoms with Crippen LogP contribution in [0.4, 0.5) is 4.39 Å². The van der Waals surface area contributed by atoms with Crippen LogP contribution in [0.2, 0.25) is 0 Å². The highest BCUT2D eigenvalue weighted by Gasteiger charge is 2.14. The van der Waals surface area contributed by atoms with Crippen molar-refractivity contribution in [2.45, 2.75) is 25.3 Å². The standard InChI is InChI=1S/C13H16BrFN2O/c14-11-7-9(4-5-12(11)15)13(18)17-8-10-3-1-2-6-16-10/h4-5,7,10,16H,1-3,6,8H2,(H,17,18). The predicted molar refractivity (Wildman–Crippen MR) is 72.1 cm³/mol. The maximum atomic E-state index is 13.1. The fourth-order valence-electron chi connectivity index (χ4n) is 2.05. The van der Waals surface area contributed by atoms with E-state index in [1.54, 1.807) is 0 Å². The molecular weight excluding hydrogens is 299 g/mol. The largest absolute Gasteiger partial charge is 0.350 e. The van der Waals surface area contributed by atoms with Gasteiger partial charge in [0.1, 0.15) is 5.82 Å². The Morgan fingerprint density at radius 3 is 3.00 bits per heavy atom. The van der Waals surface area contributed by atoms with Gasteiger partial charge in [-0.3, -0.25) is 4.79 Å². The SMILES string of the molecule is O=C(NCC1CCCCN1)c1ccc(F)c(Br)c1. The van der Waals surface area contributed by atoms with Gasteiger partial charge in [0.05, 0.1) is 4.47 Å². The van der Waals surface area contributed by atoms with Crippen LogP contribution in [0, 0.1) is 5.82 Å². The fraction of sp³-hybridized carbons (Fsp3) is 0.462. The first-order chi connectivity index (χ1) is 8.66. The van der Waals surface area contributed by atoms with Crippen molar-refractivity contribution in [1.29, 1.82) is 0 Å². The Bertz CT molecular complexity index is 433. The predicted octanol–water partition coefficient (Wildman–Crippen LogP) is 2.46. The third-order valence-corrected chi connectivity index (χ3v) is 3.71. The second-order valence-corrected chi connectivity index (χ2v) is 5.34. The Labute approximate surface area is 114 Å². The maximum absolute atomic E-state index is 13.1. The summed E-state index contributed by atoms with van der Waals surface area (Å²) in [6, 6.07) is 4.63. The van der Waals surface area contributed by atoms with E-state index in [2.05, 4.69) is 26.6 Å². The summed E-state index contributed by atoms with van der Waals surface area (Å²) in [5.74, 6) is -0.524. The van der Waals surface area contributed by atoms with Crippen LogP contribution < -0.4 is 10.6 Å². The lowest BCUT2D eigenvalue weighted by Gasteiger charge is -2.23. The summed E-state index contributed by atoms with van der Waals surface area (Å²) in [5, 5.41) is 6.23. The first-order valence-corrected chi connectivity index (χ1v) is 6.93. The van der Waals surface area contributed by atoms with E-state index in [0.29, 0.717) is 22.6 Å². The quantitative estimate of drug-likeness (QED) is 0.900. The Kier molecular flexibility index (Phi) is 4.72. The molecule has 0 aromatic heterocycles. The molecule has 2 rings (SSSR count). The molecule has 1 atom stereocenters. The number of rotatable bonds is 3. The molecule has 1 saturated heterocycles. The summed E-state index contributed by atoms with van der Waals surface area (Å²) in [6.45, 7) is 1.64. The Balaban J connectivity index is 1.88. The molecule has 98 valence electrons. The molecule has 2 N–H and O–H groups in total. The van der Waals surface area contributed by atoms with Gasteiger partial charge in [-0.1, -0.05) is 6.42 Å². The molecule has 0 saturated carbocycles. The lowest BCUT2D eigenvalue weighted by atomic mass is 10.1. The molecule has 1 aromatic rings. The molecular formula is C13H16BrFN2O. The molecule has 1 aromatic carbocycles. The third-order valence-electron chi connectivity index (χ3n) is 3.10. The number of hydrogen-bond donors (Lipinski definition) is 2. The lowest BCUT2D eigenvalue weighted by molar-refractivity contribution is 0.0947. The van der Waals surface area contributed by atoms with Gasteiger partial charge in [-0.05, 0) is 53.5 Å². The van der Waals surface area contributed by atoms with Crippen molar-refractivity contribution in [2.75, 3.05) is 13.1 Å². The van der Waals surface area contributed by atoms with Gasteiger partial charge in [-0.25, -0.2) is 4.39 Å². The number of amides is 1. The van der Waals surface area contributed by atoms with Gasteiger partial charge in [0, 0.05) is 18.2 Å². The van der Waals surface area contributed by atoms with Crippen molar-refractivity contribution in [3.05, 3.63) is 34.1 Å². The van der Waals surface area contributed by atoms with E-state index >= 15 is 0 Å². The average molecular weight is 315 g/mol. The summed E-state index contributed by atoms with van der Waals surface area (Å²) < 4.78 is 13.4. The number of halogens is 2. The van der Waals surface area contributed by atoms with Crippen molar-refractivity contribution in [2.24, 2.45) is 0 Å². The zero-order valence-electron chi connectivity index (χ0n) is 10.0. The van der Waals surface area contributed by atoms with Gasteiger partial charge in [0.2, 0.25) is 0 Å². The molecule has 1 fully saturated rings. The van der Waals surface area contributed by atoms with Crippen molar-refractivity contribution in [3.63, 3.8) is 0 Å². The summed E-state index contributed by atoms with van der Waals surface area (Å²) >= 11 is 3.07. The molecule has 1 unspecified atom stereocenters. The number of piperidine rings is 1. The van der Waals surface area contributed by atoms with Gasteiger partial charge in [0.15, 0.2) is 0 Å². The highest BCUT2D eigenvalue weighted by Crippen LogP contribution is 2.16. The minimum absolute atomic E-state index is 0.164. The van der Waals surface area contributed by atoms with Crippen LogP contribution >= 0.6 is 15.9 Å². The Morgan fingerprint density at radius 2 is 2.33 bits per heavy atom. The van der Waals surface area contributed by atoms with E-state index in [9.17, 15) is 9.18 Å². The molecule has 18 heavy (non-hydrogen) atoms. The van der Waals surface area contributed by atoms with E-state index in [0.717, 1.165) is 13.0 Å². The first-order valence-electron chi connectivity index (χ1n) is 6.13. The topological polar surface area (TPSA) is 41.1 Å². The van der Waals surface area contributed by atoms with Crippen LogP contribution in [-0.4, -0.2) is 25.0 Å². The van der Waals surface area contributed by atoms with Gasteiger partial charge in [-0.2, -0.15) is 0 Å². The molecule has 5 heteroatoms. The van der Waals surface area contributed by atoms with E-state index < -0.39 is 0 Å². The summed E-state index contributed by atoms with van der Waals surface area (Å²) in [4.78, 5) is 11.9. The number of benzene rings is 1. The minimum atomic E-state index is -0.361. The maximum Gasteiger partial charge on any atom is 0.251 e. The Hall–Kier alpha value is -0.940. The van der Waals surface area contributed by atoms with Crippen molar-refractivity contribution >= 4 is 21.8 Å². The van der Waals surface area contributed by atoms with Crippen LogP contribution in [-0.2, 0) is 0 Å². The van der Waals surface area contributed by atoms with Crippen LogP contribution in [0.15, 0.2) is 22.7 Å². The number of carbonyl (C=O) groups is 1. The molecule has 1 heterocycles. The van der Waals surface area contributed by atoms with Crippen LogP contribution in [0.5, 0.6) is 0 Å². The summed E-state index contributed by atoms with van der Waals surface area (Å²) in [5.41, 5.74) is 0.471. The van der Waals surface area contributed by atoms with Gasteiger partial charge in [-0.15, -0.1) is 0 Å². The first kappa shape index (κ1) is 13.5. The normalized spacial score (nSPS) is 19.6. The van der Waals surface area contributed by atoms with E-state index in [1.807, 2.05) is 0 Å². The lowest BCUT2D eigenvalue weighted by Crippen LogP contribution is -2.43. The van der Waals surface area contributed by atoms with Crippen LogP contribution in [0.25, 0.3) is 0 Å². The fourth-order valence-corrected chi connectivity index (χ4v) is 2.43. The Morgan fingerprint density at radius 1 is 1.50 bits per heavy atom. The molecule has 0 spiro atoms. The van der Waals surface area contributed by atoms with Gasteiger partial charge < -0.3 is 10.6 Å². The number of nitrogens with one attached hydrogen (secondary N) is 2. The zero-order chi connectivity index (χ0) is 13.0. The highest BCUT2D eigenvalue weighted by atomic mass is 79.9. The third kappa shape index (κ3) is 3.53. The highest BCUT2D eigenvalue weighted by molar-refractivity contribution is 9.10. The molecule has 0 radical (unpaired) electrons. The summed E-state index contributed by atoms with van der Waals surface area (Å²) in [6.07, 6.45) is 3.50. The van der Waals surface area contributed by atoms with Crippen molar-refractivity contribution < 1.29 is 9.18 Å². The molecule has 0 aliphatic carbocycles. The summed E-state index contributed by atoms with van der Waals surface area (Å²) in [7, 11) is 0. The average Bonchev–Trinajstić information content (AvgIpc) is 2.40. The molecule has 1 amide bonds. The van der Waals surface area contributed by atoms with E-state index in [1.165, 1.54) is 31.0 Å².